The number of anilines is 1. The van der Waals surface area contributed by atoms with Crippen molar-refractivity contribution in [2.75, 3.05) is 18.4 Å². The highest BCUT2D eigenvalue weighted by molar-refractivity contribution is 6.13. The number of hydrogen-bond donors (Lipinski definition) is 2. The van der Waals surface area contributed by atoms with Gasteiger partial charge in [-0.05, 0) is 67.4 Å². The maximum atomic E-state index is 12.9. The van der Waals surface area contributed by atoms with Crippen molar-refractivity contribution in [3.63, 3.8) is 0 Å². The van der Waals surface area contributed by atoms with E-state index in [0.717, 1.165) is 34.3 Å². The average Bonchev–Trinajstić information content (AvgIpc) is 3.24. The summed E-state index contributed by atoms with van der Waals surface area (Å²) >= 11 is 0. The normalized spacial score (nSPS) is 14.6. The van der Waals surface area contributed by atoms with Gasteiger partial charge in [0.05, 0.1) is 5.56 Å². The van der Waals surface area contributed by atoms with Gasteiger partial charge >= 0.3 is 0 Å². The Morgan fingerprint density at radius 1 is 0.968 bits per heavy atom. The summed E-state index contributed by atoms with van der Waals surface area (Å²) in [6, 6.07) is 17.9. The van der Waals surface area contributed by atoms with Crippen LogP contribution in [0.3, 0.4) is 0 Å². The molecule has 5 rings (SSSR count). The van der Waals surface area contributed by atoms with Crippen molar-refractivity contribution in [2.45, 2.75) is 25.8 Å². The number of carbonyl (C=O) groups excluding carboxylic acids is 1. The molecule has 0 bridgehead atoms. The van der Waals surface area contributed by atoms with Crippen molar-refractivity contribution in [1.82, 2.24) is 14.9 Å². The molecule has 0 saturated carbocycles. The molecule has 1 saturated heterocycles. The molecule has 0 unspecified atom stereocenters. The SMILES string of the molecule is O=C(Nc1ccccc1)c1c[nH]c2ccc(-c3cncc(CN4CCCCC4)c3)cc12. The highest BCUT2D eigenvalue weighted by Crippen LogP contribution is 2.27. The van der Waals surface area contributed by atoms with Crippen LogP contribution in [0.1, 0.15) is 35.2 Å². The number of nitrogens with zero attached hydrogens (tertiary/aromatic N) is 2. The molecule has 0 aliphatic carbocycles. The molecule has 2 aromatic heterocycles. The van der Waals surface area contributed by atoms with Crippen LogP contribution >= 0.6 is 0 Å². The van der Waals surface area contributed by atoms with Crippen LogP contribution in [0.15, 0.2) is 73.2 Å². The maximum Gasteiger partial charge on any atom is 0.257 e. The summed E-state index contributed by atoms with van der Waals surface area (Å²) in [6.07, 6.45) is 9.54. The van der Waals surface area contributed by atoms with E-state index < -0.39 is 0 Å². The van der Waals surface area contributed by atoms with E-state index in [1.807, 2.05) is 48.8 Å². The fraction of sp³-hybridized carbons (Fsp3) is 0.231. The van der Waals surface area contributed by atoms with E-state index in [1.165, 1.54) is 37.9 Å². The van der Waals surface area contributed by atoms with Crippen LogP contribution in [-0.4, -0.2) is 33.9 Å². The molecule has 1 aliphatic heterocycles. The fourth-order valence-electron chi connectivity index (χ4n) is 4.32. The maximum absolute atomic E-state index is 12.9. The first-order valence-corrected chi connectivity index (χ1v) is 10.9. The molecule has 156 valence electrons. The molecule has 0 spiro atoms. The summed E-state index contributed by atoms with van der Waals surface area (Å²) < 4.78 is 0. The van der Waals surface area contributed by atoms with E-state index in [2.05, 4.69) is 38.4 Å². The van der Waals surface area contributed by atoms with Gasteiger partial charge < -0.3 is 10.3 Å². The lowest BCUT2D eigenvalue weighted by Crippen LogP contribution is -2.29. The molecule has 1 amide bonds. The second-order valence-electron chi connectivity index (χ2n) is 8.20. The first-order chi connectivity index (χ1) is 15.3. The van der Waals surface area contributed by atoms with Gasteiger partial charge in [-0.2, -0.15) is 0 Å². The van der Waals surface area contributed by atoms with Crippen LogP contribution in [0, 0.1) is 0 Å². The third kappa shape index (κ3) is 4.37. The number of nitrogens with one attached hydrogen (secondary N) is 2. The second-order valence-corrected chi connectivity index (χ2v) is 8.20. The molecule has 2 aromatic carbocycles. The number of para-hydroxylation sites is 1. The highest BCUT2D eigenvalue weighted by Gasteiger charge is 2.14. The number of aromatic amines is 1. The van der Waals surface area contributed by atoms with Crippen molar-refractivity contribution in [3.05, 3.63) is 84.3 Å². The number of carbonyl (C=O) groups is 1. The molecule has 2 N–H and O–H groups in total. The zero-order valence-electron chi connectivity index (χ0n) is 17.5. The molecule has 1 aliphatic rings. The smallest absolute Gasteiger partial charge is 0.257 e. The number of pyridine rings is 1. The van der Waals surface area contributed by atoms with Crippen LogP contribution in [0.4, 0.5) is 5.69 Å². The minimum absolute atomic E-state index is 0.119. The van der Waals surface area contributed by atoms with Crippen molar-refractivity contribution >= 4 is 22.5 Å². The minimum Gasteiger partial charge on any atom is -0.360 e. The van der Waals surface area contributed by atoms with Gasteiger partial charge in [0.25, 0.3) is 5.91 Å². The average molecular weight is 411 g/mol. The Morgan fingerprint density at radius 2 is 1.81 bits per heavy atom. The Bertz CT molecular complexity index is 1190. The third-order valence-corrected chi connectivity index (χ3v) is 5.94. The fourth-order valence-corrected chi connectivity index (χ4v) is 4.32. The quantitative estimate of drug-likeness (QED) is 0.459. The number of aromatic nitrogens is 2. The van der Waals surface area contributed by atoms with Crippen LogP contribution in [0.2, 0.25) is 0 Å². The van der Waals surface area contributed by atoms with Crippen LogP contribution in [-0.2, 0) is 6.54 Å². The Balaban J connectivity index is 1.41. The first kappa shape index (κ1) is 19.5. The largest absolute Gasteiger partial charge is 0.360 e. The van der Waals surface area contributed by atoms with Crippen LogP contribution < -0.4 is 5.32 Å². The van der Waals surface area contributed by atoms with Gasteiger partial charge in [-0.15, -0.1) is 0 Å². The van der Waals surface area contributed by atoms with E-state index in [0.29, 0.717) is 5.56 Å². The van der Waals surface area contributed by atoms with Gasteiger partial charge in [-0.3, -0.25) is 14.7 Å². The lowest BCUT2D eigenvalue weighted by molar-refractivity contribution is 0.102. The number of H-pyrrole nitrogens is 1. The van der Waals surface area contributed by atoms with E-state index in [-0.39, 0.29) is 5.91 Å². The highest BCUT2D eigenvalue weighted by atomic mass is 16.1. The number of rotatable bonds is 5. The number of piperidine rings is 1. The zero-order valence-corrected chi connectivity index (χ0v) is 17.5. The Labute approximate surface area is 182 Å². The topological polar surface area (TPSA) is 61.0 Å². The van der Waals surface area contributed by atoms with E-state index in [9.17, 15) is 4.79 Å². The standard InChI is InChI=1S/C26H26N4O/c31-26(29-22-7-3-1-4-8-22)24-17-28-25-10-9-20(14-23(24)25)21-13-19(15-27-16-21)18-30-11-5-2-6-12-30/h1,3-4,7-10,13-17,28H,2,5-6,11-12,18H2,(H,29,31). The summed E-state index contributed by atoms with van der Waals surface area (Å²) in [4.78, 5) is 23.1. The Kier molecular flexibility index (Phi) is 5.50. The summed E-state index contributed by atoms with van der Waals surface area (Å²) in [5.41, 5.74) is 5.74. The molecular formula is C26H26N4O. The Morgan fingerprint density at radius 3 is 2.65 bits per heavy atom. The van der Waals surface area contributed by atoms with Crippen molar-refractivity contribution < 1.29 is 4.79 Å². The van der Waals surface area contributed by atoms with Crippen LogP contribution in [0.25, 0.3) is 22.0 Å². The van der Waals surface area contributed by atoms with Gasteiger partial charge in [0.1, 0.15) is 0 Å². The van der Waals surface area contributed by atoms with Crippen molar-refractivity contribution in [1.29, 1.82) is 0 Å². The van der Waals surface area contributed by atoms with E-state index >= 15 is 0 Å². The summed E-state index contributed by atoms with van der Waals surface area (Å²) in [6.45, 7) is 3.27. The minimum atomic E-state index is -0.119. The van der Waals surface area contributed by atoms with Crippen molar-refractivity contribution in [2.24, 2.45) is 0 Å². The summed E-state index contributed by atoms with van der Waals surface area (Å²) in [5, 5.41) is 3.88. The van der Waals surface area contributed by atoms with Gasteiger partial charge in [0.2, 0.25) is 0 Å². The predicted molar refractivity (Wildman–Crippen MR) is 125 cm³/mol. The monoisotopic (exact) mass is 410 g/mol. The van der Waals surface area contributed by atoms with Gasteiger partial charge in [0.15, 0.2) is 0 Å². The molecular weight excluding hydrogens is 384 g/mol. The lowest BCUT2D eigenvalue weighted by atomic mass is 10.0. The first-order valence-electron chi connectivity index (χ1n) is 10.9. The predicted octanol–water partition coefficient (Wildman–Crippen LogP) is 5.47. The van der Waals surface area contributed by atoms with Gasteiger partial charge in [0, 0.05) is 47.3 Å². The molecule has 1 fully saturated rings. The van der Waals surface area contributed by atoms with Gasteiger partial charge in [-0.1, -0.05) is 30.7 Å². The van der Waals surface area contributed by atoms with Gasteiger partial charge in [-0.25, -0.2) is 0 Å². The molecule has 5 nitrogen and oxygen atoms in total. The zero-order chi connectivity index (χ0) is 21.0. The summed E-state index contributed by atoms with van der Waals surface area (Å²) in [5.74, 6) is -0.119. The Hall–Kier alpha value is -3.44. The number of likely N-dealkylation sites (tertiary alicyclic amines) is 1. The number of fused-ring (bicyclic) bond motifs is 1. The number of amides is 1. The molecule has 5 heteroatoms. The van der Waals surface area contributed by atoms with Crippen LogP contribution in [0.5, 0.6) is 0 Å². The second kappa shape index (κ2) is 8.74. The van der Waals surface area contributed by atoms with Crippen molar-refractivity contribution in [3.8, 4) is 11.1 Å². The number of hydrogen-bond acceptors (Lipinski definition) is 3. The third-order valence-electron chi connectivity index (χ3n) is 5.94. The number of benzene rings is 2. The van der Waals surface area contributed by atoms with E-state index in [4.69, 9.17) is 0 Å². The molecule has 3 heterocycles. The molecule has 4 aromatic rings. The molecule has 0 radical (unpaired) electrons. The molecule has 31 heavy (non-hydrogen) atoms. The molecule has 0 atom stereocenters. The lowest BCUT2D eigenvalue weighted by Gasteiger charge is -2.26. The summed E-state index contributed by atoms with van der Waals surface area (Å²) in [7, 11) is 0. The van der Waals surface area contributed by atoms with E-state index in [1.54, 1.807) is 6.20 Å².